The molecule has 1 aromatic carbocycles. The molecule has 0 radical (unpaired) electrons. The summed E-state index contributed by atoms with van der Waals surface area (Å²) in [5.74, 6) is 0.900. The molecule has 0 heterocycles. The molecule has 1 aliphatic rings. The third-order valence-corrected chi connectivity index (χ3v) is 4.60. The number of likely N-dealkylation sites (N-methyl/N-ethyl adjacent to an activating group) is 1. The molecule has 0 amide bonds. The van der Waals surface area contributed by atoms with E-state index in [1.165, 1.54) is 36.8 Å². The molecular weight excluding hydrogens is 232 g/mol. The summed E-state index contributed by atoms with van der Waals surface area (Å²) < 4.78 is 0. The lowest BCUT2D eigenvalue weighted by atomic mass is 9.86. The number of rotatable bonds is 5. The van der Waals surface area contributed by atoms with Crippen molar-refractivity contribution in [3.8, 4) is 0 Å². The van der Waals surface area contributed by atoms with Crippen molar-refractivity contribution in [1.29, 1.82) is 0 Å². The van der Waals surface area contributed by atoms with Gasteiger partial charge in [0.05, 0.1) is 0 Å². The van der Waals surface area contributed by atoms with Crippen molar-refractivity contribution in [2.45, 2.75) is 51.6 Å². The normalized spacial score (nSPS) is 23.8. The molecule has 0 bridgehead atoms. The van der Waals surface area contributed by atoms with Crippen molar-refractivity contribution < 1.29 is 0 Å². The van der Waals surface area contributed by atoms with Gasteiger partial charge in [0.1, 0.15) is 0 Å². The molecule has 2 nitrogen and oxygen atoms in total. The van der Waals surface area contributed by atoms with Gasteiger partial charge in [0.2, 0.25) is 0 Å². The second-order valence-electron chi connectivity index (χ2n) is 6.13. The van der Waals surface area contributed by atoms with Crippen LogP contribution in [0.5, 0.6) is 0 Å². The Kier molecular flexibility index (Phi) is 5.41. The van der Waals surface area contributed by atoms with Crippen LogP contribution in [-0.2, 0) is 13.0 Å². The summed E-state index contributed by atoms with van der Waals surface area (Å²) >= 11 is 0. The van der Waals surface area contributed by atoms with Crippen molar-refractivity contribution in [3.63, 3.8) is 0 Å². The van der Waals surface area contributed by atoms with Gasteiger partial charge in [0.25, 0.3) is 0 Å². The first-order chi connectivity index (χ1) is 9.20. The van der Waals surface area contributed by atoms with Gasteiger partial charge < -0.3 is 10.6 Å². The minimum absolute atomic E-state index is 0.653. The molecule has 2 atom stereocenters. The van der Waals surface area contributed by atoms with E-state index in [0.29, 0.717) is 6.54 Å². The minimum Gasteiger partial charge on any atom is -0.326 e. The van der Waals surface area contributed by atoms with Crippen molar-refractivity contribution >= 4 is 0 Å². The molecule has 1 aliphatic carbocycles. The molecule has 1 saturated carbocycles. The van der Waals surface area contributed by atoms with Crippen molar-refractivity contribution in [3.05, 3.63) is 35.4 Å². The van der Waals surface area contributed by atoms with Crippen LogP contribution in [0.15, 0.2) is 24.3 Å². The van der Waals surface area contributed by atoms with E-state index in [2.05, 4.69) is 43.1 Å². The summed E-state index contributed by atoms with van der Waals surface area (Å²) in [5, 5.41) is 0. The van der Waals surface area contributed by atoms with Gasteiger partial charge in [-0.3, -0.25) is 0 Å². The van der Waals surface area contributed by atoms with Crippen molar-refractivity contribution in [1.82, 2.24) is 4.90 Å². The average molecular weight is 260 g/mol. The largest absolute Gasteiger partial charge is 0.326 e. The number of hydrogen-bond acceptors (Lipinski definition) is 2. The molecule has 106 valence electrons. The molecule has 2 rings (SSSR count). The standard InChI is InChI=1S/C17H28N2/c1-14-6-5-9-17(12-14)19(2)11-10-15-7-3-4-8-16(15)13-18/h3-4,7-8,14,17H,5-6,9-13,18H2,1-2H3. The second-order valence-corrected chi connectivity index (χ2v) is 6.13. The summed E-state index contributed by atoms with van der Waals surface area (Å²) in [7, 11) is 2.29. The Morgan fingerprint density at radius 2 is 1.95 bits per heavy atom. The zero-order valence-electron chi connectivity index (χ0n) is 12.4. The summed E-state index contributed by atoms with van der Waals surface area (Å²) in [6.07, 6.45) is 6.68. The summed E-state index contributed by atoms with van der Waals surface area (Å²) in [6.45, 7) is 4.19. The van der Waals surface area contributed by atoms with Crippen molar-refractivity contribution in [2.24, 2.45) is 11.7 Å². The molecule has 19 heavy (non-hydrogen) atoms. The van der Waals surface area contributed by atoms with E-state index >= 15 is 0 Å². The second kappa shape index (κ2) is 7.06. The van der Waals surface area contributed by atoms with Crippen molar-refractivity contribution in [2.75, 3.05) is 13.6 Å². The van der Waals surface area contributed by atoms with Gasteiger partial charge in [-0.05, 0) is 43.4 Å². The predicted molar refractivity (Wildman–Crippen MR) is 82.1 cm³/mol. The molecule has 1 aromatic rings. The van der Waals surface area contributed by atoms with E-state index in [4.69, 9.17) is 5.73 Å². The van der Waals surface area contributed by atoms with Crippen LogP contribution in [0.1, 0.15) is 43.7 Å². The first kappa shape index (κ1) is 14.5. The predicted octanol–water partition coefficient (Wildman–Crippen LogP) is 3.20. The monoisotopic (exact) mass is 260 g/mol. The van der Waals surface area contributed by atoms with Gasteiger partial charge in [-0.15, -0.1) is 0 Å². The van der Waals surface area contributed by atoms with E-state index in [0.717, 1.165) is 24.9 Å². The Morgan fingerprint density at radius 3 is 2.63 bits per heavy atom. The van der Waals surface area contributed by atoms with E-state index in [1.807, 2.05) is 0 Å². The van der Waals surface area contributed by atoms with Gasteiger partial charge in [0, 0.05) is 19.1 Å². The maximum absolute atomic E-state index is 5.80. The smallest absolute Gasteiger partial charge is 0.0180 e. The lowest BCUT2D eigenvalue weighted by Gasteiger charge is -2.34. The molecule has 0 aliphatic heterocycles. The summed E-state index contributed by atoms with van der Waals surface area (Å²) in [4.78, 5) is 2.56. The lowest BCUT2D eigenvalue weighted by molar-refractivity contribution is 0.165. The zero-order valence-corrected chi connectivity index (χ0v) is 12.4. The Labute approximate surface area is 118 Å². The fourth-order valence-electron chi connectivity index (χ4n) is 3.28. The van der Waals surface area contributed by atoms with Crippen LogP contribution in [-0.4, -0.2) is 24.5 Å². The van der Waals surface area contributed by atoms with Gasteiger partial charge in [-0.25, -0.2) is 0 Å². The van der Waals surface area contributed by atoms with Gasteiger partial charge in [-0.1, -0.05) is 44.0 Å². The molecule has 0 spiro atoms. The van der Waals surface area contributed by atoms with E-state index in [-0.39, 0.29) is 0 Å². The highest BCUT2D eigenvalue weighted by Crippen LogP contribution is 2.26. The van der Waals surface area contributed by atoms with Gasteiger partial charge in [-0.2, -0.15) is 0 Å². The fraction of sp³-hybridized carbons (Fsp3) is 0.647. The average Bonchev–Trinajstić information content (AvgIpc) is 2.45. The van der Waals surface area contributed by atoms with Gasteiger partial charge >= 0.3 is 0 Å². The zero-order chi connectivity index (χ0) is 13.7. The Hall–Kier alpha value is -0.860. The lowest BCUT2D eigenvalue weighted by Crippen LogP contribution is -2.36. The molecular formula is C17H28N2. The number of hydrogen-bond donors (Lipinski definition) is 1. The molecule has 2 N–H and O–H groups in total. The Bertz CT molecular complexity index is 389. The van der Waals surface area contributed by atoms with Crippen LogP contribution in [0.2, 0.25) is 0 Å². The van der Waals surface area contributed by atoms with E-state index < -0.39 is 0 Å². The van der Waals surface area contributed by atoms with Crippen LogP contribution < -0.4 is 5.73 Å². The summed E-state index contributed by atoms with van der Waals surface area (Å²) in [5.41, 5.74) is 8.52. The third kappa shape index (κ3) is 4.05. The number of nitrogens with two attached hydrogens (primary N) is 1. The number of nitrogens with zero attached hydrogens (tertiary/aromatic N) is 1. The third-order valence-electron chi connectivity index (χ3n) is 4.60. The fourth-order valence-corrected chi connectivity index (χ4v) is 3.28. The Balaban J connectivity index is 1.87. The van der Waals surface area contributed by atoms with E-state index in [9.17, 15) is 0 Å². The number of benzene rings is 1. The van der Waals surface area contributed by atoms with Crippen LogP contribution in [0, 0.1) is 5.92 Å². The Morgan fingerprint density at radius 1 is 1.21 bits per heavy atom. The molecule has 2 unspecified atom stereocenters. The highest BCUT2D eigenvalue weighted by molar-refractivity contribution is 5.27. The first-order valence-corrected chi connectivity index (χ1v) is 7.67. The maximum atomic E-state index is 5.80. The molecule has 1 fully saturated rings. The van der Waals surface area contributed by atoms with Crippen LogP contribution in [0.4, 0.5) is 0 Å². The topological polar surface area (TPSA) is 29.3 Å². The first-order valence-electron chi connectivity index (χ1n) is 7.67. The molecule has 2 heteroatoms. The van der Waals surface area contributed by atoms with E-state index in [1.54, 1.807) is 0 Å². The minimum atomic E-state index is 0.653. The highest BCUT2D eigenvalue weighted by atomic mass is 15.1. The van der Waals surface area contributed by atoms with Crippen LogP contribution in [0.25, 0.3) is 0 Å². The highest BCUT2D eigenvalue weighted by Gasteiger charge is 2.22. The molecule has 0 aromatic heterocycles. The SMILES string of the molecule is CC1CCCC(N(C)CCc2ccccc2CN)C1. The van der Waals surface area contributed by atoms with Crippen LogP contribution >= 0.6 is 0 Å². The van der Waals surface area contributed by atoms with Gasteiger partial charge in [0.15, 0.2) is 0 Å². The molecule has 0 saturated heterocycles. The van der Waals surface area contributed by atoms with Crippen LogP contribution in [0.3, 0.4) is 0 Å². The summed E-state index contributed by atoms with van der Waals surface area (Å²) in [6, 6.07) is 9.36. The maximum Gasteiger partial charge on any atom is 0.0180 e. The quantitative estimate of drug-likeness (QED) is 0.881.